The second kappa shape index (κ2) is 10.5. The molecule has 1 aliphatic carbocycles. The van der Waals surface area contributed by atoms with E-state index in [2.05, 4.69) is 38.2 Å². The van der Waals surface area contributed by atoms with Gasteiger partial charge in [-0.15, -0.1) is 0 Å². The van der Waals surface area contributed by atoms with Crippen molar-refractivity contribution in [2.75, 3.05) is 17.1 Å². The lowest BCUT2D eigenvalue weighted by molar-refractivity contribution is 0.629. The topological polar surface area (TPSA) is 160 Å². The lowest BCUT2D eigenvalue weighted by atomic mass is 10.1. The predicted octanol–water partition coefficient (Wildman–Crippen LogP) is 3.51. The Bertz CT molecular complexity index is 1830. The summed E-state index contributed by atoms with van der Waals surface area (Å²) in [4.78, 5) is 33.2. The van der Waals surface area contributed by atoms with Crippen molar-refractivity contribution in [1.29, 1.82) is 0 Å². The normalized spacial score (nSPS) is 12.8. The van der Waals surface area contributed by atoms with Gasteiger partial charge in [-0.25, -0.2) is 23.7 Å². The second-order valence-corrected chi connectivity index (χ2v) is 10.1. The zero-order chi connectivity index (χ0) is 27.8. The van der Waals surface area contributed by atoms with E-state index in [0.29, 0.717) is 44.1 Å². The molecule has 0 spiro atoms. The highest BCUT2D eigenvalue weighted by molar-refractivity contribution is 9.10. The number of aromatic nitrogens is 4. The molecule has 1 fully saturated rings. The predicted molar refractivity (Wildman–Crippen MR) is 155 cm³/mol. The van der Waals surface area contributed by atoms with Crippen LogP contribution in [0.15, 0.2) is 68.7 Å². The summed E-state index contributed by atoms with van der Waals surface area (Å²) in [5.74, 6) is 17.9. The van der Waals surface area contributed by atoms with Crippen LogP contribution < -0.4 is 34.1 Å². The molecule has 200 valence electrons. The summed E-state index contributed by atoms with van der Waals surface area (Å²) >= 11 is 3.34. The molecule has 39 heavy (non-hydrogen) atoms. The Morgan fingerprint density at radius 1 is 0.949 bits per heavy atom. The molecular formula is C27H26BrFN8O2. The second-order valence-electron chi connectivity index (χ2n) is 9.24. The zero-order valence-corrected chi connectivity index (χ0v) is 22.6. The third-order valence-electron chi connectivity index (χ3n) is 6.60. The van der Waals surface area contributed by atoms with E-state index in [1.807, 2.05) is 24.3 Å². The van der Waals surface area contributed by atoms with Gasteiger partial charge in [-0.3, -0.25) is 15.4 Å². The highest BCUT2D eigenvalue weighted by Gasteiger charge is 2.29. The molecule has 10 nitrogen and oxygen atoms in total. The minimum atomic E-state index is -0.485. The van der Waals surface area contributed by atoms with Gasteiger partial charge in [0.15, 0.2) is 5.82 Å². The first-order chi connectivity index (χ1) is 18.7. The number of hydrazine groups is 1. The zero-order valence-electron chi connectivity index (χ0n) is 21.0. The highest BCUT2D eigenvalue weighted by atomic mass is 79.9. The van der Waals surface area contributed by atoms with Gasteiger partial charge in [0.1, 0.15) is 11.6 Å². The first-order valence-electron chi connectivity index (χ1n) is 12.3. The van der Waals surface area contributed by atoms with Crippen LogP contribution in [0.4, 0.5) is 10.1 Å². The molecule has 6 rings (SSSR count). The van der Waals surface area contributed by atoms with Crippen molar-refractivity contribution in [2.24, 2.45) is 5.84 Å². The molecule has 3 aromatic carbocycles. The number of rotatable bonds is 4. The first kappa shape index (κ1) is 26.3. The van der Waals surface area contributed by atoms with E-state index in [0.717, 1.165) is 40.2 Å². The maximum Gasteiger partial charge on any atom is 0.280 e. The van der Waals surface area contributed by atoms with Crippen molar-refractivity contribution in [2.45, 2.75) is 32.1 Å². The van der Waals surface area contributed by atoms with Crippen LogP contribution in [0.5, 0.6) is 0 Å². The van der Waals surface area contributed by atoms with E-state index in [1.165, 1.54) is 17.7 Å². The van der Waals surface area contributed by atoms with Crippen molar-refractivity contribution in [3.63, 3.8) is 0 Å². The number of hydrogen-bond donors (Lipinski definition) is 4. The molecule has 12 heteroatoms. The molecule has 1 saturated carbocycles. The molecule has 0 unspecified atom stereocenters. The number of nitrogen functional groups attached to an aromatic ring is 3. The Morgan fingerprint density at radius 2 is 1.62 bits per heavy atom. The van der Waals surface area contributed by atoms with E-state index in [4.69, 9.17) is 17.5 Å². The van der Waals surface area contributed by atoms with Crippen LogP contribution in [0.3, 0.4) is 0 Å². The number of anilines is 1. The number of hydrogen-bond acceptors (Lipinski definition) is 8. The summed E-state index contributed by atoms with van der Waals surface area (Å²) in [5, 5.41) is 0.652. The molecule has 1 aliphatic rings. The molecule has 0 saturated heterocycles. The average molecular weight is 593 g/mol. The van der Waals surface area contributed by atoms with E-state index in [1.54, 1.807) is 12.1 Å². The van der Waals surface area contributed by atoms with Gasteiger partial charge in [-0.1, -0.05) is 31.2 Å². The Morgan fingerprint density at radius 3 is 2.26 bits per heavy atom. The molecule has 2 heterocycles. The monoisotopic (exact) mass is 592 g/mol. The quantitative estimate of drug-likeness (QED) is 0.182. The maximum absolute atomic E-state index is 13.2. The maximum atomic E-state index is 13.2. The third-order valence-corrected chi connectivity index (χ3v) is 7.25. The largest absolute Gasteiger partial charge is 0.335 e. The Kier molecular flexibility index (Phi) is 7.06. The fraction of sp³-hybridized carbons (Fsp3) is 0.185. The first-order valence-corrected chi connectivity index (χ1v) is 13.1. The number of benzene rings is 3. The molecule has 0 bridgehead atoms. The molecule has 0 atom stereocenters. The third kappa shape index (κ3) is 5.08. The average Bonchev–Trinajstić information content (AvgIpc) is 3.79. The van der Waals surface area contributed by atoms with E-state index in [-0.39, 0.29) is 10.9 Å². The van der Waals surface area contributed by atoms with Crippen LogP contribution in [0.2, 0.25) is 0 Å². The van der Waals surface area contributed by atoms with Gasteiger partial charge in [0.25, 0.3) is 11.1 Å². The minimum absolute atomic E-state index is 0.173. The minimum Gasteiger partial charge on any atom is -0.335 e. The molecule has 0 amide bonds. The van der Waals surface area contributed by atoms with Crippen LogP contribution in [-0.2, 0) is 6.42 Å². The van der Waals surface area contributed by atoms with Crippen LogP contribution >= 0.6 is 15.9 Å². The number of nitrogens with two attached hydrogens (primary N) is 3. The molecule has 0 radical (unpaired) electrons. The Labute approximate surface area is 230 Å². The highest BCUT2D eigenvalue weighted by Crippen LogP contribution is 2.38. The summed E-state index contributed by atoms with van der Waals surface area (Å²) in [6.45, 7) is 2.07. The van der Waals surface area contributed by atoms with Gasteiger partial charge in [-0.05, 0) is 71.1 Å². The summed E-state index contributed by atoms with van der Waals surface area (Å²) in [6, 6.07) is 15.0. The molecular weight excluding hydrogens is 567 g/mol. The molecule has 5 aromatic rings. The van der Waals surface area contributed by atoms with E-state index >= 15 is 0 Å². The van der Waals surface area contributed by atoms with E-state index in [9.17, 15) is 14.0 Å². The number of halogens is 2. The smallest absolute Gasteiger partial charge is 0.280 e. The van der Waals surface area contributed by atoms with Crippen LogP contribution in [0.25, 0.3) is 33.2 Å². The Hall–Kier alpha value is -4.29. The van der Waals surface area contributed by atoms with Gasteiger partial charge in [0.2, 0.25) is 0 Å². The fourth-order valence-corrected chi connectivity index (χ4v) is 4.70. The van der Waals surface area contributed by atoms with Crippen molar-refractivity contribution in [3.05, 3.63) is 97.0 Å². The number of nitrogens with zero attached hydrogens (tertiary/aromatic N) is 4. The number of nitrogens with one attached hydrogen (secondary N) is 1. The summed E-state index contributed by atoms with van der Waals surface area (Å²) in [6.07, 6.45) is 3.00. The number of fused-ring (bicyclic) bond motifs is 2. The van der Waals surface area contributed by atoms with Gasteiger partial charge < -0.3 is 17.1 Å². The van der Waals surface area contributed by atoms with Gasteiger partial charge in [0, 0.05) is 16.0 Å². The lowest BCUT2D eigenvalue weighted by Crippen LogP contribution is -2.31. The lowest BCUT2D eigenvalue weighted by Gasteiger charge is -2.10. The summed E-state index contributed by atoms with van der Waals surface area (Å²) in [7, 11) is 0. The summed E-state index contributed by atoms with van der Waals surface area (Å²) < 4.78 is 16.1. The van der Waals surface area contributed by atoms with Crippen LogP contribution in [0.1, 0.15) is 37.1 Å². The van der Waals surface area contributed by atoms with Crippen LogP contribution in [-0.4, -0.2) is 19.3 Å². The van der Waals surface area contributed by atoms with Gasteiger partial charge in [0.05, 0.1) is 27.5 Å². The van der Waals surface area contributed by atoms with Gasteiger partial charge in [-0.2, -0.15) is 0 Å². The fourth-order valence-electron chi connectivity index (χ4n) is 4.24. The van der Waals surface area contributed by atoms with Crippen molar-refractivity contribution >= 4 is 43.4 Å². The van der Waals surface area contributed by atoms with Gasteiger partial charge >= 0.3 is 0 Å². The van der Waals surface area contributed by atoms with Crippen molar-refractivity contribution in [1.82, 2.24) is 19.3 Å². The molecule has 0 aliphatic heterocycles. The molecule has 7 N–H and O–H groups in total. The van der Waals surface area contributed by atoms with Crippen molar-refractivity contribution < 1.29 is 4.39 Å². The Balaban J connectivity index is 0.000000160. The SMILES string of the molecule is CCc1ccc(-c2nc3ccc(F)cc3c(=O)n2N)cc1.NNc1cc2nc(C3CC3)n(N)c(=O)c2cc1Br. The molecule has 2 aromatic heterocycles. The summed E-state index contributed by atoms with van der Waals surface area (Å²) in [5.41, 5.74) is 5.53. The van der Waals surface area contributed by atoms with Crippen LogP contribution in [0, 0.1) is 5.82 Å². The number of aryl methyl sites for hydroxylation is 1. The standard InChI is InChI=1S/C16H14FN3O.C11H12BrN5O/c1-2-10-3-5-11(6-4-10)15-19-14-8-7-12(17)9-13(14)16(21)20(15)18;12-7-3-6-8(4-9(7)16-13)15-10(5-1-2-5)17(14)11(6)18/h3-9H,2,18H2,1H3;3-5,16H,1-2,13-14H2. The van der Waals surface area contributed by atoms with E-state index < -0.39 is 11.4 Å². The van der Waals surface area contributed by atoms with Crippen molar-refractivity contribution in [3.8, 4) is 11.4 Å².